The van der Waals surface area contributed by atoms with Gasteiger partial charge >= 0.3 is 0 Å². The van der Waals surface area contributed by atoms with Crippen molar-refractivity contribution in [3.05, 3.63) is 230 Å². The Labute approximate surface area is 397 Å². The number of fused-ring (bicyclic) bond motifs is 8. The molecular formula is C65H37N3O. The van der Waals surface area contributed by atoms with Crippen LogP contribution in [0.2, 0.25) is 0 Å². The number of aromatic nitrogens is 2. The molecule has 0 atom stereocenters. The molecule has 0 radical (unpaired) electrons. The molecule has 1 aliphatic rings. The van der Waals surface area contributed by atoms with Crippen molar-refractivity contribution < 1.29 is 4.42 Å². The quantitative estimate of drug-likeness (QED) is 0.156. The minimum Gasteiger partial charge on any atom is -0.456 e. The van der Waals surface area contributed by atoms with Crippen molar-refractivity contribution in [1.29, 1.82) is 5.26 Å². The van der Waals surface area contributed by atoms with E-state index in [1.54, 1.807) is 0 Å². The zero-order chi connectivity index (χ0) is 45.6. The summed E-state index contributed by atoms with van der Waals surface area (Å²) in [4.78, 5) is 10.8. The molecule has 0 N–H and O–H groups in total. The van der Waals surface area contributed by atoms with Gasteiger partial charge in [-0.3, -0.25) is 0 Å². The second-order valence-electron chi connectivity index (χ2n) is 17.9. The third kappa shape index (κ3) is 6.08. The van der Waals surface area contributed by atoms with E-state index in [4.69, 9.17) is 14.4 Å². The van der Waals surface area contributed by atoms with Crippen LogP contribution in [0.5, 0.6) is 0 Å². The van der Waals surface area contributed by atoms with Gasteiger partial charge in [-0.15, -0.1) is 0 Å². The number of nitrogens with zero attached hydrogens (tertiary/aromatic N) is 3. The molecule has 318 valence electrons. The Bertz CT molecular complexity index is 4210. The molecule has 69 heavy (non-hydrogen) atoms. The molecule has 0 saturated heterocycles. The highest BCUT2D eigenvalue weighted by Crippen LogP contribution is 2.54. The van der Waals surface area contributed by atoms with Gasteiger partial charge in [0.1, 0.15) is 11.2 Å². The summed E-state index contributed by atoms with van der Waals surface area (Å²) in [6, 6.07) is 81.6. The third-order valence-corrected chi connectivity index (χ3v) is 14.1. The molecule has 0 spiro atoms. The predicted molar refractivity (Wildman–Crippen MR) is 284 cm³/mol. The summed E-state index contributed by atoms with van der Waals surface area (Å²) in [7, 11) is 0. The van der Waals surface area contributed by atoms with Crippen molar-refractivity contribution in [2.45, 2.75) is 0 Å². The van der Waals surface area contributed by atoms with E-state index < -0.39 is 0 Å². The van der Waals surface area contributed by atoms with E-state index >= 15 is 0 Å². The standard InChI is InChI=1S/C65H37N3O/c66-38-39-22-24-41(25-23-39)45-31-32-53-46-14-4-5-15-47(46)54-33-34-55(63(45)64(53)54)61-49-17-6-8-19-51(49)62(52-20-9-7-18-50(52)61)58-37-57(42-12-2-1-3-13-42)67-65(68-58)43-28-26-40(27-29-43)44-30-35-60-56(36-44)48-16-10-11-21-59(48)69-60/h1-37H. The number of benzene rings is 11. The minimum atomic E-state index is 0.641. The molecular weight excluding hydrogens is 839 g/mol. The molecule has 13 aromatic rings. The summed E-state index contributed by atoms with van der Waals surface area (Å²) >= 11 is 0. The summed E-state index contributed by atoms with van der Waals surface area (Å²) in [6.07, 6.45) is 0. The first kappa shape index (κ1) is 38.8. The summed E-state index contributed by atoms with van der Waals surface area (Å²) in [6.45, 7) is 0. The van der Waals surface area contributed by atoms with Crippen LogP contribution < -0.4 is 0 Å². The second kappa shape index (κ2) is 15.3. The number of furan rings is 1. The van der Waals surface area contributed by atoms with Gasteiger partial charge in [-0.1, -0.05) is 188 Å². The summed E-state index contributed by atoms with van der Waals surface area (Å²) in [5.74, 6) is 0.658. The average molecular weight is 876 g/mol. The summed E-state index contributed by atoms with van der Waals surface area (Å²) in [5, 5.41) is 18.9. The SMILES string of the molecule is N#Cc1ccc(-c2ccc3c4c(ccc(-c5c6ccccc6c(-c6cc(-c7ccccc7)nc(-c7ccc(-c8ccc9oc%10ccccc%10c9c8)cc7)n6)c6ccccc56)c24)-c2ccccc2-3)cc1. The molecule has 4 nitrogen and oxygen atoms in total. The van der Waals surface area contributed by atoms with E-state index in [-0.39, 0.29) is 0 Å². The highest BCUT2D eigenvalue weighted by Gasteiger charge is 2.27. The molecule has 0 amide bonds. The van der Waals surface area contributed by atoms with Gasteiger partial charge < -0.3 is 4.42 Å². The van der Waals surface area contributed by atoms with E-state index in [2.05, 4.69) is 200 Å². The van der Waals surface area contributed by atoms with Crippen LogP contribution in [-0.4, -0.2) is 9.97 Å². The highest BCUT2D eigenvalue weighted by molar-refractivity contribution is 6.28. The van der Waals surface area contributed by atoms with Gasteiger partial charge in [0, 0.05) is 27.5 Å². The van der Waals surface area contributed by atoms with Gasteiger partial charge in [0.25, 0.3) is 0 Å². The summed E-state index contributed by atoms with van der Waals surface area (Å²) < 4.78 is 6.14. The molecule has 0 saturated carbocycles. The zero-order valence-electron chi connectivity index (χ0n) is 37.1. The fraction of sp³-hybridized carbons (Fsp3) is 0. The summed E-state index contributed by atoms with van der Waals surface area (Å²) in [5.41, 5.74) is 18.9. The fourth-order valence-corrected chi connectivity index (χ4v) is 10.9. The lowest BCUT2D eigenvalue weighted by molar-refractivity contribution is 0.669. The van der Waals surface area contributed by atoms with Gasteiger partial charge in [-0.2, -0.15) is 5.26 Å². The Hall–Kier alpha value is -9.43. The van der Waals surface area contributed by atoms with Gasteiger partial charge in [0.15, 0.2) is 5.82 Å². The van der Waals surface area contributed by atoms with E-state index in [1.807, 2.05) is 30.3 Å². The Morgan fingerprint density at radius 1 is 0.319 bits per heavy atom. The van der Waals surface area contributed by atoms with Gasteiger partial charge in [0.05, 0.1) is 23.0 Å². The Kier molecular flexibility index (Phi) is 8.61. The molecule has 0 unspecified atom stereocenters. The highest BCUT2D eigenvalue weighted by atomic mass is 16.3. The van der Waals surface area contributed by atoms with Crippen LogP contribution in [-0.2, 0) is 0 Å². The zero-order valence-corrected chi connectivity index (χ0v) is 37.1. The van der Waals surface area contributed by atoms with Crippen LogP contribution in [0.15, 0.2) is 229 Å². The van der Waals surface area contributed by atoms with Crippen molar-refractivity contribution in [3.63, 3.8) is 0 Å². The molecule has 1 aliphatic carbocycles. The van der Waals surface area contributed by atoms with Crippen LogP contribution in [0.4, 0.5) is 0 Å². The number of hydrogen-bond acceptors (Lipinski definition) is 4. The second-order valence-corrected chi connectivity index (χ2v) is 17.9. The molecule has 14 rings (SSSR count). The average Bonchev–Trinajstić information content (AvgIpc) is 3.96. The van der Waals surface area contributed by atoms with Crippen LogP contribution in [0.25, 0.3) is 144 Å². The number of hydrogen-bond donors (Lipinski definition) is 0. The fourth-order valence-electron chi connectivity index (χ4n) is 10.9. The third-order valence-electron chi connectivity index (χ3n) is 14.1. The van der Waals surface area contributed by atoms with Crippen molar-refractivity contribution in [2.24, 2.45) is 0 Å². The molecule has 2 heterocycles. The first-order valence-electron chi connectivity index (χ1n) is 23.3. The first-order valence-corrected chi connectivity index (χ1v) is 23.3. The van der Waals surface area contributed by atoms with Crippen LogP contribution >= 0.6 is 0 Å². The molecule has 2 aromatic heterocycles. The maximum absolute atomic E-state index is 9.73. The Morgan fingerprint density at radius 2 is 0.826 bits per heavy atom. The minimum absolute atomic E-state index is 0.641. The maximum atomic E-state index is 9.73. The molecule has 0 fully saturated rings. The van der Waals surface area contributed by atoms with Gasteiger partial charge in [-0.25, -0.2) is 9.97 Å². The molecule has 0 bridgehead atoms. The molecule has 0 aliphatic heterocycles. The van der Waals surface area contributed by atoms with Gasteiger partial charge in [0.2, 0.25) is 0 Å². The Morgan fingerprint density at radius 3 is 1.51 bits per heavy atom. The monoisotopic (exact) mass is 875 g/mol. The number of para-hydroxylation sites is 1. The largest absolute Gasteiger partial charge is 0.456 e. The van der Waals surface area contributed by atoms with Crippen molar-refractivity contribution in [3.8, 4) is 95.6 Å². The Balaban J connectivity index is 0.985. The van der Waals surface area contributed by atoms with Crippen LogP contribution in [0, 0.1) is 11.3 Å². The topological polar surface area (TPSA) is 62.7 Å². The lowest BCUT2D eigenvalue weighted by atomic mass is 9.83. The molecule has 4 heteroatoms. The lowest BCUT2D eigenvalue weighted by Crippen LogP contribution is -1.98. The van der Waals surface area contributed by atoms with Gasteiger partial charge in [-0.05, 0) is 124 Å². The van der Waals surface area contributed by atoms with Crippen LogP contribution in [0.3, 0.4) is 0 Å². The molecule has 11 aromatic carbocycles. The van der Waals surface area contributed by atoms with E-state index in [9.17, 15) is 5.26 Å². The normalized spacial score (nSPS) is 11.8. The van der Waals surface area contributed by atoms with Crippen molar-refractivity contribution in [1.82, 2.24) is 9.97 Å². The number of rotatable bonds is 6. The maximum Gasteiger partial charge on any atom is 0.160 e. The van der Waals surface area contributed by atoms with E-state index in [0.29, 0.717) is 11.4 Å². The van der Waals surface area contributed by atoms with Crippen LogP contribution in [0.1, 0.15) is 5.56 Å². The predicted octanol–water partition coefficient (Wildman–Crippen LogP) is 17.4. The van der Waals surface area contributed by atoms with Crippen molar-refractivity contribution >= 4 is 54.3 Å². The lowest BCUT2D eigenvalue weighted by Gasteiger charge is -2.21. The smallest absolute Gasteiger partial charge is 0.160 e. The first-order chi connectivity index (χ1) is 34.2. The van der Waals surface area contributed by atoms with E-state index in [0.717, 1.165) is 99.4 Å². The van der Waals surface area contributed by atoms with Crippen molar-refractivity contribution in [2.75, 3.05) is 0 Å². The number of nitriles is 1. The van der Waals surface area contributed by atoms with E-state index in [1.165, 1.54) is 38.6 Å².